The number of urea groups is 1. The Morgan fingerprint density at radius 2 is 2.19 bits per heavy atom. The number of benzene rings is 1. The Morgan fingerprint density at radius 1 is 1.39 bits per heavy atom. The van der Waals surface area contributed by atoms with Crippen molar-refractivity contribution in [3.05, 3.63) is 60.5 Å². The van der Waals surface area contributed by atoms with Gasteiger partial charge in [-0.3, -0.25) is 0 Å². The molecule has 3 atom stereocenters. The number of aryl methyl sites for hydroxylation is 1. The first-order valence-electron chi connectivity index (χ1n) is 12.2. The molecule has 0 spiro atoms. The number of nitrogens with zero attached hydrogens (tertiary/aromatic N) is 5. The number of nitrogens with one attached hydrogen (secondary N) is 2. The summed E-state index contributed by atoms with van der Waals surface area (Å²) < 4.78 is 14.5. The second kappa shape index (κ2) is 13.1. The molecule has 1 aliphatic heterocycles. The molecule has 2 aromatic rings. The molecule has 36 heavy (non-hydrogen) atoms. The molecule has 0 bridgehead atoms. The molecule has 0 aliphatic carbocycles. The SMILES string of the molecule is C=C(F)/C=C\C(=C/C)CC1CCCN(C[C@H](O)[C@@H](C)NC(=O)Nc2cccc(-c3nnnn3C)c2)C1. The Bertz CT molecular complexity index is 1100. The molecule has 9 nitrogen and oxygen atoms in total. The first kappa shape index (κ1) is 27.2. The number of likely N-dealkylation sites (tertiary alicyclic amines) is 1. The number of β-amino-alcohol motifs (C(OH)–C–C–N with tert-alkyl or cyclic N) is 1. The number of hydrogen-bond acceptors (Lipinski definition) is 6. The minimum Gasteiger partial charge on any atom is -0.390 e. The van der Waals surface area contributed by atoms with Gasteiger partial charge in [0.25, 0.3) is 0 Å². The van der Waals surface area contributed by atoms with E-state index in [-0.39, 0.29) is 0 Å². The van der Waals surface area contributed by atoms with Gasteiger partial charge in [0.1, 0.15) is 5.83 Å². The van der Waals surface area contributed by atoms with Crippen LogP contribution in [0.5, 0.6) is 0 Å². The lowest BCUT2D eigenvalue weighted by Gasteiger charge is -2.35. The molecule has 2 amide bonds. The quantitative estimate of drug-likeness (QED) is 0.431. The molecule has 3 rings (SSSR count). The highest BCUT2D eigenvalue weighted by Gasteiger charge is 2.25. The van der Waals surface area contributed by atoms with Crippen molar-refractivity contribution in [1.82, 2.24) is 30.4 Å². The van der Waals surface area contributed by atoms with Crippen molar-refractivity contribution in [3.63, 3.8) is 0 Å². The molecule has 10 heteroatoms. The van der Waals surface area contributed by atoms with Crippen molar-refractivity contribution < 1.29 is 14.3 Å². The maximum Gasteiger partial charge on any atom is 0.319 e. The number of anilines is 1. The van der Waals surface area contributed by atoms with E-state index in [0.29, 0.717) is 24.0 Å². The van der Waals surface area contributed by atoms with Crippen LogP contribution in [0.15, 0.2) is 60.5 Å². The molecule has 0 radical (unpaired) electrons. The number of allylic oxidation sites excluding steroid dienone is 5. The summed E-state index contributed by atoms with van der Waals surface area (Å²) in [5, 5.41) is 27.9. The zero-order valence-electron chi connectivity index (χ0n) is 21.2. The molecule has 194 valence electrons. The van der Waals surface area contributed by atoms with Crippen molar-refractivity contribution in [2.45, 2.75) is 45.3 Å². The second-order valence-corrected chi connectivity index (χ2v) is 9.28. The molecular formula is C26H36FN7O2. The number of aromatic nitrogens is 4. The van der Waals surface area contributed by atoms with Crippen LogP contribution in [0.25, 0.3) is 11.4 Å². The van der Waals surface area contributed by atoms with E-state index in [2.05, 4.69) is 37.6 Å². The number of rotatable bonds is 10. The third kappa shape index (κ3) is 8.10. The minimum absolute atomic E-state index is 0.398. The van der Waals surface area contributed by atoms with Crippen LogP contribution in [0.3, 0.4) is 0 Å². The third-order valence-electron chi connectivity index (χ3n) is 6.36. The zero-order valence-corrected chi connectivity index (χ0v) is 21.2. The van der Waals surface area contributed by atoms with Crippen LogP contribution in [0.1, 0.15) is 33.1 Å². The summed E-state index contributed by atoms with van der Waals surface area (Å²) in [5.74, 6) is 0.564. The highest BCUT2D eigenvalue weighted by molar-refractivity contribution is 5.90. The van der Waals surface area contributed by atoms with E-state index in [1.54, 1.807) is 36.9 Å². The Balaban J connectivity index is 1.48. The monoisotopic (exact) mass is 497 g/mol. The van der Waals surface area contributed by atoms with Crippen molar-refractivity contribution in [1.29, 1.82) is 0 Å². The van der Waals surface area contributed by atoms with Gasteiger partial charge in [0, 0.05) is 31.4 Å². The summed E-state index contributed by atoms with van der Waals surface area (Å²) in [6.45, 7) is 9.23. The van der Waals surface area contributed by atoms with Gasteiger partial charge in [0.15, 0.2) is 5.82 Å². The number of piperidine rings is 1. The lowest BCUT2D eigenvalue weighted by atomic mass is 9.90. The Hall–Kier alpha value is -3.37. The minimum atomic E-state index is -0.721. The number of amides is 2. The molecule has 1 aromatic carbocycles. The molecule has 3 N–H and O–H groups in total. The standard InChI is InChI=1S/C26H36FN7O2/c1-5-20(12-11-18(2)27)14-21-8-7-13-34(16-21)17-24(35)19(3)28-26(36)29-23-10-6-9-22(15-23)25-30-31-32-33(25)4/h5-6,9-12,15,19,21,24,35H,2,7-8,13-14,16-17H2,1,3-4H3,(H2,28,29,36)/b12-11-,20-5+/t19-,21?,24+/m1/s1. The largest absolute Gasteiger partial charge is 0.390 e. The number of tetrazole rings is 1. The van der Waals surface area contributed by atoms with Gasteiger partial charge in [-0.25, -0.2) is 13.9 Å². The number of carbonyl (C=O) groups is 1. The van der Waals surface area contributed by atoms with Crippen LogP contribution in [0.2, 0.25) is 0 Å². The summed E-state index contributed by atoms with van der Waals surface area (Å²) in [5.41, 5.74) is 2.45. The normalized spacial score (nSPS) is 18.7. The maximum atomic E-state index is 13.0. The molecule has 1 aliphatic rings. The molecule has 1 saturated heterocycles. The van der Waals surface area contributed by atoms with E-state index in [1.165, 1.54) is 6.08 Å². The van der Waals surface area contributed by atoms with Crippen LogP contribution in [0, 0.1) is 5.92 Å². The van der Waals surface area contributed by atoms with E-state index in [9.17, 15) is 14.3 Å². The van der Waals surface area contributed by atoms with E-state index in [4.69, 9.17) is 0 Å². The predicted molar refractivity (Wildman–Crippen MR) is 139 cm³/mol. The molecule has 2 heterocycles. The lowest BCUT2D eigenvalue weighted by molar-refractivity contribution is 0.0663. The second-order valence-electron chi connectivity index (χ2n) is 9.28. The average Bonchev–Trinajstić information content (AvgIpc) is 3.27. The molecule has 1 aromatic heterocycles. The summed E-state index contributed by atoms with van der Waals surface area (Å²) in [6.07, 6.45) is 7.43. The maximum absolute atomic E-state index is 13.0. The fraction of sp³-hybridized carbons (Fsp3) is 0.462. The Morgan fingerprint density at radius 3 is 2.89 bits per heavy atom. The molecule has 1 unspecified atom stereocenters. The van der Waals surface area contributed by atoms with E-state index in [0.717, 1.165) is 43.5 Å². The van der Waals surface area contributed by atoms with Gasteiger partial charge in [0.05, 0.1) is 12.1 Å². The summed E-state index contributed by atoms with van der Waals surface area (Å²) in [7, 11) is 1.75. The van der Waals surface area contributed by atoms with Gasteiger partial charge in [-0.1, -0.05) is 36.4 Å². The summed E-state index contributed by atoms with van der Waals surface area (Å²) in [4.78, 5) is 14.8. The summed E-state index contributed by atoms with van der Waals surface area (Å²) in [6, 6.07) is 6.40. The first-order chi connectivity index (χ1) is 17.2. The number of halogens is 1. The Kier molecular flexibility index (Phi) is 9.89. The smallest absolute Gasteiger partial charge is 0.319 e. The number of aliphatic hydroxyl groups excluding tert-OH is 1. The van der Waals surface area contributed by atoms with Gasteiger partial charge < -0.3 is 20.6 Å². The highest BCUT2D eigenvalue weighted by Crippen LogP contribution is 2.24. The van der Waals surface area contributed by atoms with Crippen molar-refractivity contribution in [3.8, 4) is 11.4 Å². The summed E-state index contributed by atoms with van der Waals surface area (Å²) >= 11 is 0. The first-order valence-corrected chi connectivity index (χ1v) is 12.2. The number of aliphatic hydroxyl groups is 1. The predicted octanol–water partition coefficient (Wildman–Crippen LogP) is 3.84. The van der Waals surface area contributed by atoms with Gasteiger partial charge >= 0.3 is 6.03 Å². The number of hydrogen-bond donors (Lipinski definition) is 3. The van der Waals surface area contributed by atoms with Crippen LogP contribution in [0.4, 0.5) is 14.9 Å². The van der Waals surface area contributed by atoms with Gasteiger partial charge in [-0.15, -0.1) is 5.10 Å². The van der Waals surface area contributed by atoms with E-state index < -0.39 is 24.0 Å². The molecule has 1 fully saturated rings. The van der Waals surface area contributed by atoms with Gasteiger partial charge in [0.2, 0.25) is 0 Å². The zero-order chi connectivity index (χ0) is 26.1. The highest BCUT2D eigenvalue weighted by atomic mass is 19.1. The molecular weight excluding hydrogens is 461 g/mol. The van der Waals surface area contributed by atoms with Crippen LogP contribution < -0.4 is 10.6 Å². The van der Waals surface area contributed by atoms with Gasteiger partial charge in [-0.05, 0) is 74.2 Å². The third-order valence-corrected chi connectivity index (χ3v) is 6.36. The van der Waals surface area contributed by atoms with Gasteiger partial charge in [-0.2, -0.15) is 0 Å². The van der Waals surface area contributed by atoms with Crippen LogP contribution >= 0.6 is 0 Å². The topological polar surface area (TPSA) is 108 Å². The van der Waals surface area contributed by atoms with E-state index >= 15 is 0 Å². The fourth-order valence-corrected chi connectivity index (χ4v) is 4.40. The van der Waals surface area contributed by atoms with Crippen molar-refractivity contribution >= 4 is 11.7 Å². The average molecular weight is 498 g/mol. The lowest BCUT2D eigenvalue weighted by Crippen LogP contribution is -2.49. The molecule has 0 saturated carbocycles. The van der Waals surface area contributed by atoms with Crippen LogP contribution in [-0.2, 0) is 7.05 Å². The fourth-order valence-electron chi connectivity index (χ4n) is 4.40. The van der Waals surface area contributed by atoms with Crippen molar-refractivity contribution in [2.24, 2.45) is 13.0 Å². The Labute approximate surface area is 211 Å². The number of carbonyl (C=O) groups excluding carboxylic acids is 1. The van der Waals surface area contributed by atoms with Crippen molar-refractivity contribution in [2.75, 3.05) is 25.0 Å². The van der Waals surface area contributed by atoms with Crippen LogP contribution in [-0.4, -0.2) is 68.0 Å². The van der Waals surface area contributed by atoms with E-state index in [1.807, 2.05) is 25.1 Å².